The van der Waals surface area contributed by atoms with E-state index >= 15 is 0 Å². The van der Waals surface area contributed by atoms with Crippen molar-refractivity contribution in [3.05, 3.63) is 29.1 Å². The van der Waals surface area contributed by atoms with Crippen LogP contribution in [0.5, 0.6) is 0 Å². The van der Waals surface area contributed by atoms with Crippen LogP contribution in [0.3, 0.4) is 0 Å². The summed E-state index contributed by atoms with van der Waals surface area (Å²) in [6.45, 7) is 7.54. The number of fused-ring (bicyclic) bond motifs is 5. The van der Waals surface area contributed by atoms with Gasteiger partial charge in [0, 0.05) is 18.9 Å². The number of Topliss-reactive ketones (excluding diaryl/α,β-unsaturated/α-hetero) is 1. The molecule has 1 aromatic heterocycles. The van der Waals surface area contributed by atoms with E-state index in [1.54, 1.807) is 6.07 Å². The minimum absolute atomic E-state index is 0.0935. The molecule has 4 aliphatic rings. The first kappa shape index (κ1) is 24.9. The molecule has 4 fully saturated rings. The van der Waals surface area contributed by atoms with E-state index in [4.69, 9.17) is 4.74 Å². The molecule has 1 N–H and O–H groups in total. The largest absolute Gasteiger partial charge is 0.387 e. The predicted molar refractivity (Wildman–Crippen MR) is 134 cm³/mol. The molecule has 5 heteroatoms. The molecule has 8 atom stereocenters. The number of hydrogen-bond acceptors (Lipinski definition) is 5. The van der Waals surface area contributed by atoms with Gasteiger partial charge in [-0.3, -0.25) is 4.79 Å². The standard InChI is InChI=1S/C30H42N2O3/c1-4-35-18-30(34)14-12-22-20(16-30)6-8-24-23(22)11-13-29(3)25(24)9-10-26(29)28(33)15-27-19(2)5-7-21(17-31)32-27/h5,7,20,22-26,34H,4,6,8-16,18H2,1-3H3/t20-,22+,23-,24-,25+,26-,29+,30-/m1/s1. The Morgan fingerprint density at radius 3 is 2.71 bits per heavy atom. The van der Waals surface area contributed by atoms with E-state index in [9.17, 15) is 15.2 Å². The lowest BCUT2D eigenvalue weighted by Crippen LogP contribution is -2.52. The molecule has 0 amide bonds. The summed E-state index contributed by atoms with van der Waals surface area (Å²) < 4.78 is 5.63. The third-order valence-corrected chi connectivity index (χ3v) is 10.7. The predicted octanol–water partition coefficient (Wildman–Crippen LogP) is 5.41. The normalized spacial score (nSPS) is 40.3. The van der Waals surface area contributed by atoms with Crippen LogP contribution in [0.1, 0.15) is 88.6 Å². The number of hydrogen-bond donors (Lipinski definition) is 1. The van der Waals surface area contributed by atoms with Crippen molar-refractivity contribution in [3.8, 4) is 6.07 Å². The maximum absolute atomic E-state index is 13.6. The van der Waals surface area contributed by atoms with Gasteiger partial charge in [-0.2, -0.15) is 5.26 Å². The minimum Gasteiger partial charge on any atom is -0.387 e. The minimum atomic E-state index is -0.632. The van der Waals surface area contributed by atoms with E-state index in [2.05, 4.69) is 18.0 Å². The fourth-order valence-corrected chi connectivity index (χ4v) is 9.02. The van der Waals surface area contributed by atoms with E-state index in [1.165, 1.54) is 25.7 Å². The van der Waals surface area contributed by atoms with Crippen LogP contribution >= 0.6 is 0 Å². The Balaban J connectivity index is 1.28. The second kappa shape index (κ2) is 9.60. The van der Waals surface area contributed by atoms with Crippen LogP contribution in [-0.2, 0) is 16.0 Å². The Bertz CT molecular complexity index is 1000. The van der Waals surface area contributed by atoms with Crippen LogP contribution < -0.4 is 0 Å². The lowest BCUT2D eigenvalue weighted by molar-refractivity contribution is -0.137. The number of ketones is 1. The second-order valence-corrected chi connectivity index (χ2v) is 12.4. The molecule has 0 unspecified atom stereocenters. The van der Waals surface area contributed by atoms with Crippen LogP contribution in [0.25, 0.3) is 0 Å². The summed E-state index contributed by atoms with van der Waals surface area (Å²) in [6, 6.07) is 5.76. The smallest absolute Gasteiger partial charge is 0.142 e. The van der Waals surface area contributed by atoms with Gasteiger partial charge in [-0.1, -0.05) is 13.0 Å². The molecule has 4 aliphatic carbocycles. The number of nitrogens with zero attached hydrogens (tertiary/aromatic N) is 2. The van der Waals surface area contributed by atoms with Crippen molar-refractivity contribution >= 4 is 5.78 Å². The number of aliphatic hydroxyl groups is 1. The summed E-state index contributed by atoms with van der Waals surface area (Å²) in [6.07, 6.45) is 10.3. The fraction of sp³-hybridized carbons (Fsp3) is 0.767. The van der Waals surface area contributed by atoms with Crippen molar-refractivity contribution in [1.29, 1.82) is 5.26 Å². The Kier molecular flexibility index (Phi) is 6.83. The molecule has 0 saturated heterocycles. The van der Waals surface area contributed by atoms with Crippen LogP contribution in [0, 0.1) is 59.2 Å². The molecule has 5 nitrogen and oxygen atoms in total. The van der Waals surface area contributed by atoms with Crippen molar-refractivity contribution in [2.24, 2.45) is 40.9 Å². The van der Waals surface area contributed by atoms with E-state index < -0.39 is 5.60 Å². The summed E-state index contributed by atoms with van der Waals surface area (Å²) in [5, 5.41) is 20.3. The van der Waals surface area contributed by atoms with Crippen molar-refractivity contribution in [2.45, 2.75) is 90.6 Å². The molecule has 0 spiro atoms. The summed E-state index contributed by atoms with van der Waals surface area (Å²) in [5.41, 5.74) is 1.63. The number of carbonyl (C=O) groups excluding carboxylic acids is 1. The van der Waals surface area contributed by atoms with Gasteiger partial charge in [-0.15, -0.1) is 0 Å². The number of aryl methyl sites for hydroxylation is 1. The topological polar surface area (TPSA) is 83.2 Å². The number of ether oxygens (including phenoxy) is 1. The SMILES string of the molecule is CCOC[C@@]1(O)CC[C@H]2[C@H](CC[C@@H]3[C@@H]2CC[C@]2(C)[C@@H](C(=O)Cc4nc(C#N)ccc4C)CC[C@@H]32)C1. The quantitative estimate of drug-likeness (QED) is 0.591. The van der Waals surface area contributed by atoms with Crippen molar-refractivity contribution in [2.75, 3.05) is 13.2 Å². The van der Waals surface area contributed by atoms with Gasteiger partial charge < -0.3 is 9.84 Å². The Morgan fingerprint density at radius 1 is 1.14 bits per heavy atom. The molecule has 0 radical (unpaired) electrons. The summed E-state index contributed by atoms with van der Waals surface area (Å²) in [7, 11) is 0. The highest BCUT2D eigenvalue weighted by Gasteiger charge is 2.59. The molecule has 0 aliphatic heterocycles. The third kappa shape index (κ3) is 4.46. The van der Waals surface area contributed by atoms with E-state index in [0.29, 0.717) is 42.9 Å². The zero-order valence-corrected chi connectivity index (χ0v) is 21.8. The molecule has 1 heterocycles. The number of nitriles is 1. The summed E-state index contributed by atoms with van der Waals surface area (Å²) in [5.74, 6) is 3.92. The van der Waals surface area contributed by atoms with Crippen LogP contribution in [-0.4, -0.2) is 34.7 Å². The van der Waals surface area contributed by atoms with Gasteiger partial charge in [0.05, 0.1) is 17.9 Å². The first-order chi connectivity index (χ1) is 16.8. The Morgan fingerprint density at radius 2 is 1.94 bits per heavy atom. The van der Waals surface area contributed by atoms with Crippen LogP contribution in [0.4, 0.5) is 0 Å². The van der Waals surface area contributed by atoms with Crippen molar-refractivity contribution < 1.29 is 14.6 Å². The van der Waals surface area contributed by atoms with Gasteiger partial charge in [0.2, 0.25) is 0 Å². The average Bonchev–Trinajstić information content (AvgIpc) is 3.21. The highest BCUT2D eigenvalue weighted by Crippen LogP contribution is 2.64. The molecule has 35 heavy (non-hydrogen) atoms. The van der Waals surface area contributed by atoms with Gasteiger partial charge in [0.25, 0.3) is 0 Å². The number of pyridine rings is 1. The number of carbonyl (C=O) groups is 1. The Labute approximate surface area is 210 Å². The molecule has 0 aromatic carbocycles. The average molecular weight is 479 g/mol. The van der Waals surface area contributed by atoms with Gasteiger partial charge >= 0.3 is 0 Å². The molecule has 0 bridgehead atoms. The number of aromatic nitrogens is 1. The van der Waals surface area contributed by atoms with E-state index in [0.717, 1.165) is 61.1 Å². The first-order valence-corrected chi connectivity index (χ1v) is 14.0. The first-order valence-electron chi connectivity index (χ1n) is 14.0. The lowest BCUT2D eigenvalue weighted by Gasteiger charge is -2.57. The van der Waals surface area contributed by atoms with Gasteiger partial charge in [-0.05, 0) is 118 Å². The van der Waals surface area contributed by atoms with E-state index in [-0.39, 0.29) is 11.3 Å². The summed E-state index contributed by atoms with van der Waals surface area (Å²) in [4.78, 5) is 18.1. The fourth-order valence-electron chi connectivity index (χ4n) is 9.02. The highest BCUT2D eigenvalue weighted by atomic mass is 16.5. The zero-order valence-electron chi connectivity index (χ0n) is 21.8. The van der Waals surface area contributed by atoms with Crippen molar-refractivity contribution in [3.63, 3.8) is 0 Å². The molecule has 1 aromatic rings. The Hall–Kier alpha value is -1.77. The number of rotatable bonds is 6. The van der Waals surface area contributed by atoms with Gasteiger partial charge in [0.15, 0.2) is 0 Å². The molecule has 5 rings (SSSR count). The highest BCUT2D eigenvalue weighted by molar-refractivity contribution is 5.84. The monoisotopic (exact) mass is 478 g/mol. The third-order valence-electron chi connectivity index (χ3n) is 10.7. The summed E-state index contributed by atoms with van der Waals surface area (Å²) >= 11 is 0. The maximum atomic E-state index is 13.6. The lowest BCUT2D eigenvalue weighted by atomic mass is 9.49. The zero-order chi connectivity index (χ0) is 24.8. The van der Waals surface area contributed by atoms with Crippen LogP contribution in [0.15, 0.2) is 12.1 Å². The second-order valence-electron chi connectivity index (χ2n) is 12.4. The van der Waals surface area contributed by atoms with Gasteiger partial charge in [0.1, 0.15) is 17.5 Å². The maximum Gasteiger partial charge on any atom is 0.142 e. The molecular formula is C30H42N2O3. The van der Waals surface area contributed by atoms with Crippen LogP contribution in [0.2, 0.25) is 0 Å². The van der Waals surface area contributed by atoms with Gasteiger partial charge in [-0.25, -0.2) is 4.98 Å². The van der Waals surface area contributed by atoms with Crippen molar-refractivity contribution in [1.82, 2.24) is 4.98 Å². The molecule has 4 saturated carbocycles. The molecular weight excluding hydrogens is 436 g/mol. The van der Waals surface area contributed by atoms with E-state index in [1.807, 2.05) is 19.9 Å². The molecule has 190 valence electrons.